The van der Waals surface area contributed by atoms with E-state index in [9.17, 15) is 13.2 Å². The number of nitrogens with one attached hydrogen (secondary N) is 1. The number of hydrogen-bond donors (Lipinski definition) is 1. The molecule has 7 nitrogen and oxygen atoms in total. The first-order chi connectivity index (χ1) is 13.0. The Morgan fingerprint density at radius 1 is 1.22 bits per heavy atom. The van der Waals surface area contributed by atoms with Crippen molar-refractivity contribution in [2.45, 2.75) is 17.7 Å². The van der Waals surface area contributed by atoms with E-state index in [0.29, 0.717) is 25.9 Å². The summed E-state index contributed by atoms with van der Waals surface area (Å²) in [6, 6.07) is 10.2. The monoisotopic (exact) mass is 450 g/mol. The number of hydrazone groups is 1. The van der Waals surface area contributed by atoms with Crippen molar-refractivity contribution < 1.29 is 13.2 Å². The van der Waals surface area contributed by atoms with Crippen LogP contribution in [0.1, 0.15) is 18.4 Å². The van der Waals surface area contributed by atoms with Gasteiger partial charge in [0.05, 0.1) is 11.1 Å². The van der Waals surface area contributed by atoms with E-state index in [1.54, 1.807) is 42.7 Å². The van der Waals surface area contributed by atoms with Crippen LogP contribution < -0.4 is 5.43 Å². The lowest BCUT2D eigenvalue weighted by Gasteiger charge is -2.30. The Hall–Kier alpha value is -2.10. The van der Waals surface area contributed by atoms with Gasteiger partial charge >= 0.3 is 0 Å². The Morgan fingerprint density at radius 2 is 1.93 bits per heavy atom. The normalized spacial score (nSPS) is 16.5. The molecule has 9 heteroatoms. The van der Waals surface area contributed by atoms with Gasteiger partial charge in [-0.15, -0.1) is 0 Å². The Morgan fingerprint density at radius 3 is 2.56 bits per heavy atom. The van der Waals surface area contributed by atoms with Crippen molar-refractivity contribution in [2.24, 2.45) is 11.0 Å². The Balaban J connectivity index is 1.54. The second-order valence-electron chi connectivity index (χ2n) is 6.15. The van der Waals surface area contributed by atoms with Crippen LogP contribution in [-0.2, 0) is 14.8 Å². The standard InChI is InChI=1S/C18H19BrN4O3S/c19-16-3-5-17(6-4-16)27(25,26)23-10-7-15(8-11-23)18(24)22-21-13-14-2-1-9-20-12-14/h1-6,9,12-13,15H,7-8,10-11H2,(H,22,24)/b21-13-. The molecular weight excluding hydrogens is 432 g/mol. The summed E-state index contributed by atoms with van der Waals surface area (Å²) < 4.78 is 27.6. The van der Waals surface area contributed by atoms with Gasteiger partial charge in [-0.05, 0) is 43.2 Å². The number of pyridine rings is 1. The van der Waals surface area contributed by atoms with Crippen LogP contribution >= 0.6 is 15.9 Å². The zero-order valence-electron chi connectivity index (χ0n) is 14.5. The minimum atomic E-state index is -3.54. The van der Waals surface area contributed by atoms with Gasteiger partial charge in [0.1, 0.15) is 0 Å². The highest BCUT2D eigenvalue weighted by Gasteiger charge is 2.32. The third-order valence-corrected chi connectivity index (χ3v) is 6.79. The van der Waals surface area contributed by atoms with Gasteiger partial charge in [0, 0.05) is 41.4 Å². The molecule has 0 radical (unpaired) electrons. The van der Waals surface area contributed by atoms with Crippen LogP contribution in [0.3, 0.4) is 0 Å². The van der Waals surface area contributed by atoms with Crippen molar-refractivity contribution in [1.29, 1.82) is 0 Å². The molecule has 1 saturated heterocycles. The smallest absolute Gasteiger partial charge is 0.243 e. The SMILES string of the molecule is O=C(N/N=C\c1cccnc1)C1CCN(S(=O)(=O)c2ccc(Br)cc2)CC1. The van der Waals surface area contributed by atoms with E-state index in [-0.39, 0.29) is 16.7 Å². The van der Waals surface area contributed by atoms with E-state index < -0.39 is 10.0 Å². The predicted molar refractivity (Wildman–Crippen MR) is 106 cm³/mol. The van der Waals surface area contributed by atoms with E-state index >= 15 is 0 Å². The summed E-state index contributed by atoms with van der Waals surface area (Å²) in [6.45, 7) is 0.617. The van der Waals surface area contributed by atoms with Crippen LogP contribution in [0.25, 0.3) is 0 Å². The number of halogens is 1. The van der Waals surface area contributed by atoms with Crippen molar-refractivity contribution in [3.63, 3.8) is 0 Å². The maximum atomic E-state index is 12.7. The van der Waals surface area contributed by atoms with Gasteiger partial charge in [0.15, 0.2) is 0 Å². The third kappa shape index (κ3) is 5.00. The first-order valence-corrected chi connectivity index (χ1v) is 10.7. The largest absolute Gasteiger partial charge is 0.273 e. The number of nitrogens with zero attached hydrogens (tertiary/aromatic N) is 3. The van der Waals surface area contributed by atoms with Gasteiger partial charge in [0.25, 0.3) is 0 Å². The van der Waals surface area contributed by atoms with Gasteiger partial charge in [0.2, 0.25) is 15.9 Å². The molecule has 27 heavy (non-hydrogen) atoms. The molecule has 1 amide bonds. The fourth-order valence-electron chi connectivity index (χ4n) is 2.83. The molecule has 1 fully saturated rings. The Kier molecular flexibility index (Phi) is 6.35. The summed E-state index contributed by atoms with van der Waals surface area (Å²) >= 11 is 3.30. The fourth-order valence-corrected chi connectivity index (χ4v) is 4.56. The molecule has 0 saturated carbocycles. The highest BCUT2D eigenvalue weighted by atomic mass is 79.9. The maximum Gasteiger partial charge on any atom is 0.243 e. The fraction of sp³-hybridized carbons (Fsp3) is 0.278. The molecule has 1 aromatic heterocycles. The van der Waals surface area contributed by atoms with Crippen LogP contribution in [0.15, 0.2) is 63.3 Å². The van der Waals surface area contributed by atoms with Crippen LogP contribution in [0.2, 0.25) is 0 Å². The number of aromatic nitrogens is 1. The summed E-state index contributed by atoms with van der Waals surface area (Å²) in [4.78, 5) is 16.5. The molecular formula is C18H19BrN4O3S. The molecule has 0 aliphatic carbocycles. The molecule has 1 aliphatic rings. The minimum absolute atomic E-state index is 0.198. The van der Waals surface area contributed by atoms with Crippen molar-refractivity contribution >= 4 is 38.1 Å². The van der Waals surface area contributed by atoms with Gasteiger partial charge in [-0.3, -0.25) is 9.78 Å². The summed E-state index contributed by atoms with van der Waals surface area (Å²) in [5, 5.41) is 3.94. The van der Waals surface area contributed by atoms with E-state index in [0.717, 1.165) is 10.0 Å². The van der Waals surface area contributed by atoms with E-state index in [1.165, 1.54) is 10.5 Å². The molecule has 0 unspecified atom stereocenters. The number of amides is 1. The summed E-state index contributed by atoms with van der Waals surface area (Å²) in [7, 11) is -3.54. The number of piperidine rings is 1. The zero-order valence-corrected chi connectivity index (χ0v) is 16.9. The van der Waals surface area contributed by atoms with Crippen LogP contribution in [0.4, 0.5) is 0 Å². The number of carbonyl (C=O) groups excluding carboxylic acids is 1. The molecule has 0 bridgehead atoms. The molecule has 1 aromatic carbocycles. The van der Waals surface area contributed by atoms with Crippen molar-refractivity contribution in [3.05, 3.63) is 58.8 Å². The number of sulfonamides is 1. The number of rotatable bonds is 5. The molecule has 0 spiro atoms. The number of carbonyl (C=O) groups is 1. The summed E-state index contributed by atoms with van der Waals surface area (Å²) in [5.41, 5.74) is 3.31. The van der Waals surface area contributed by atoms with E-state index in [1.807, 2.05) is 6.07 Å². The zero-order chi connectivity index (χ0) is 19.3. The Labute approximate surface area is 166 Å². The number of benzene rings is 1. The first kappa shape index (κ1) is 19.7. The summed E-state index contributed by atoms with van der Waals surface area (Å²) in [6.07, 6.45) is 5.75. The highest BCUT2D eigenvalue weighted by Crippen LogP contribution is 2.24. The lowest BCUT2D eigenvalue weighted by atomic mass is 9.98. The molecule has 1 aliphatic heterocycles. The first-order valence-electron chi connectivity index (χ1n) is 8.45. The molecule has 2 heterocycles. The second kappa shape index (κ2) is 8.73. The minimum Gasteiger partial charge on any atom is -0.273 e. The van der Waals surface area contributed by atoms with Crippen molar-refractivity contribution in [1.82, 2.24) is 14.7 Å². The second-order valence-corrected chi connectivity index (χ2v) is 9.01. The number of hydrogen-bond acceptors (Lipinski definition) is 5. The van der Waals surface area contributed by atoms with Gasteiger partial charge in [-0.1, -0.05) is 22.0 Å². The van der Waals surface area contributed by atoms with Crippen LogP contribution in [0.5, 0.6) is 0 Å². The summed E-state index contributed by atoms with van der Waals surface area (Å²) in [5.74, 6) is -0.455. The molecule has 142 valence electrons. The van der Waals surface area contributed by atoms with Crippen molar-refractivity contribution in [2.75, 3.05) is 13.1 Å². The van der Waals surface area contributed by atoms with Crippen molar-refractivity contribution in [3.8, 4) is 0 Å². The molecule has 3 rings (SSSR count). The van der Waals surface area contributed by atoms with Gasteiger partial charge < -0.3 is 0 Å². The van der Waals surface area contributed by atoms with Gasteiger partial charge in [-0.25, -0.2) is 13.8 Å². The molecule has 2 aromatic rings. The quantitative estimate of drug-likeness (QED) is 0.558. The average Bonchev–Trinajstić information content (AvgIpc) is 2.69. The van der Waals surface area contributed by atoms with Crippen LogP contribution in [0, 0.1) is 5.92 Å². The van der Waals surface area contributed by atoms with Gasteiger partial charge in [-0.2, -0.15) is 9.41 Å². The maximum absolute atomic E-state index is 12.7. The Bertz CT molecular complexity index is 909. The lowest BCUT2D eigenvalue weighted by Crippen LogP contribution is -2.42. The topological polar surface area (TPSA) is 91.7 Å². The average molecular weight is 451 g/mol. The highest BCUT2D eigenvalue weighted by molar-refractivity contribution is 9.10. The van der Waals surface area contributed by atoms with E-state index in [2.05, 4.69) is 31.4 Å². The lowest BCUT2D eigenvalue weighted by molar-refractivity contribution is -0.126. The van der Waals surface area contributed by atoms with E-state index in [4.69, 9.17) is 0 Å². The third-order valence-electron chi connectivity index (χ3n) is 4.35. The van der Waals surface area contributed by atoms with Crippen LogP contribution in [-0.4, -0.2) is 42.9 Å². The predicted octanol–water partition coefficient (Wildman–Crippen LogP) is 2.40. The molecule has 0 atom stereocenters. The molecule has 1 N–H and O–H groups in total.